The standard InChI is InChI=1S/C12H20/c1-3-4-8-7-11-10-6-5-9(8)12(10,11)2/h8-11H,3-7H2,1-2H3/t8-,9?,10?,11-,12?/m1/s1. The normalized spacial score (nSPS) is 60.5. The van der Waals surface area contributed by atoms with Crippen molar-refractivity contribution in [1.82, 2.24) is 0 Å². The Morgan fingerprint density at radius 3 is 2.58 bits per heavy atom. The highest BCUT2D eigenvalue weighted by Crippen LogP contribution is 2.79. The third-order valence-corrected chi connectivity index (χ3v) is 5.35. The van der Waals surface area contributed by atoms with Crippen molar-refractivity contribution in [2.75, 3.05) is 0 Å². The minimum Gasteiger partial charge on any atom is -0.0654 e. The van der Waals surface area contributed by atoms with Gasteiger partial charge in [0, 0.05) is 0 Å². The SMILES string of the molecule is CCC[C@@H]1C[C@@H]2C3CCC1C32C. The number of fused-ring (bicyclic) bond motifs is 1. The Labute approximate surface area is 75.7 Å². The van der Waals surface area contributed by atoms with Gasteiger partial charge in [-0.1, -0.05) is 26.7 Å². The van der Waals surface area contributed by atoms with E-state index in [-0.39, 0.29) is 0 Å². The summed E-state index contributed by atoms with van der Waals surface area (Å²) in [7, 11) is 0. The van der Waals surface area contributed by atoms with Gasteiger partial charge >= 0.3 is 0 Å². The minimum atomic E-state index is 0.861. The molecule has 5 atom stereocenters. The highest BCUT2D eigenvalue weighted by atomic mass is 14.8. The Bertz CT molecular complexity index is 208. The molecule has 0 aromatic carbocycles. The van der Waals surface area contributed by atoms with Gasteiger partial charge in [-0.05, 0) is 48.3 Å². The summed E-state index contributed by atoms with van der Waals surface area (Å²) in [5.41, 5.74) is 0.861. The molecule has 0 radical (unpaired) electrons. The molecule has 3 fully saturated rings. The second-order valence-electron chi connectivity index (χ2n) is 5.55. The Morgan fingerprint density at radius 1 is 1.17 bits per heavy atom. The van der Waals surface area contributed by atoms with E-state index in [1.54, 1.807) is 19.3 Å². The third kappa shape index (κ3) is 0.625. The van der Waals surface area contributed by atoms with Crippen molar-refractivity contribution >= 4 is 0 Å². The fourth-order valence-corrected chi connectivity index (χ4v) is 4.80. The van der Waals surface area contributed by atoms with Gasteiger partial charge in [-0.3, -0.25) is 0 Å². The van der Waals surface area contributed by atoms with E-state index in [4.69, 9.17) is 0 Å². The maximum atomic E-state index is 2.58. The van der Waals surface area contributed by atoms with E-state index in [1.807, 2.05) is 0 Å². The lowest BCUT2D eigenvalue weighted by Crippen LogP contribution is -2.14. The Morgan fingerprint density at radius 2 is 1.92 bits per heavy atom. The maximum absolute atomic E-state index is 2.58. The zero-order valence-electron chi connectivity index (χ0n) is 8.34. The second kappa shape index (κ2) is 2.08. The van der Waals surface area contributed by atoms with Gasteiger partial charge in [-0.25, -0.2) is 0 Å². The van der Waals surface area contributed by atoms with E-state index >= 15 is 0 Å². The van der Waals surface area contributed by atoms with Crippen LogP contribution in [0.1, 0.15) is 46.0 Å². The highest BCUT2D eigenvalue weighted by Gasteiger charge is 2.72. The lowest BCUT2D eigenvalue weighted by atomic mass is 9.83. The summed E-state index contributed by atoms with van der Waals surface area (Å²) >= 11 is 0. The molecule has 0 amide bonds. The average Bonchev–Trinajstić information content (AvgIpc) is 2.37. The monoisotopic (exact) mass is 164 g/mol. The van der Waals surface area contributed by atoms with E-state index in [0.29, 0.717) is 0 Å². The van der Waals surface area contributed by atoms with Gasteiger partial charge in [0.2, 0.25) is 0 Å². The summed E-state index contributed by atoms with van der Waals surface area (Å²) in [5.74, 6) is 4.62. The molecule has 0 heteroatoms. The van der Waals surface area contributed by atoms with Crippen LogP contribution in [0.5, 0.6) is 0 Å². The van der Waals surface area contributed by atoms with Gasteiger partial charge in [0.15, 0.2) is 0 Å². The zero-order valence-corrected chi connectivity index (χ0v) is 8.34. The average molecular weight is 164 g/mol. The van der Waals surface area contributed by atoms with Gasteiger partial charge in [0.1, 0.15) is 0 Å². The molecular formula is C12H20. The Kier molecular flexibility index (Phi) is 1.28. The molecule has 3 unspecified atom stereocenters. The minimum absolute atomic E-state index is 0.861. The largest absolute Gasteiger partial charge is 0.0654 e. The van der Waals surface area contributed by atoms with E-state index in [0.717, 1.165) is 17.3 Å². The number of hydrogen-bond donors (Lipinski definition) is 0. The molecule has 12 heavy (non-hydrogen) atoms. The fourth-order valence-electron chi connectivity index (χ4n) is 4.80. The smallest absolute Gasteiger partial charge is 0.0232 e. The van der Waals surface area contributed by atoms with Gasteiger partial charge in [-0.15, -0.1) is 0 Å². The van der Waals surface area contributed by atoms with Crippen LogP contribution in [0.25, 0.3) is 0 Å². The van der Waals surface area contributed by atoms with Gasteiger partial charge in [0.05, 0.1) is 0 Å². The van der Waals surface area contributed by atoms with Gasteiger partial charge < -0.3 is 0 Å². The van der Waals surface area contributed by atoms with Gasteiger partial charge in [0.25, 0.3) is 0 Å². The first kappa shape index (κ1) is 7.41. The van der Waals surface area contributed by atoms with E-state index in [2.05, 4.69) is 13.8 Å². The maximum Gasteiger partial charge on any atom is -0.0232 e. The first-order valence-electron chi connectivity index (χ1n) is 5.78. The van der Waals surface area contributed by atoms with Crippen LogP contribution in [0.2, 0.25) is 0 Å². The predicted octanol–water partition coefficient (Wildman–Crippen LogP) is 3.47. The highest BCUT2D eigenvalue weighted by molar-refractivity contribution is 5.21. The molecule has 0 aliphatic heterocycles. The molecule has 0 nitrogen and oxygen atoms in total. The van der Waals surface area contributed by atoms with Crippen LogP contribution in [0.15, 0.2) is 0 Å². The van der Waals surface area contributed by atoms with E-state index in [9.17, 15) is 0 Å². The van der Waals surface area contributed by atoms with Crippen LogP contribution in [-0.4, -0.2) is 0 Å². The summed E-state index contributed by atoms with van der Waals surface area (Å²) in [6, 6.07) is 0. The van der Waals surface area contributed by atoms with Crippen LogP contribution < -0.4 is 0 Å². The van der Waals surface area contributed by atoms with Crippen LogP contribution in [0, 0.1) is 29.1 Å². The summed E-state index contributed by atoms with van der Waals surface area (Å²) in [6.45, 7) is 4.92. The molecule has 3 saturated carbocycles. The van der Waals surface area contributed by atoms with Crippen LogP contribution in [0.4, 0.5) is 0 Å². The number of hydrogen-bond acceptors (Lipinski definition) is 0. The molecule has 0 saturated heterocycles. The summed E-state index contributed by atoms with van der Waals surface area (Å²) in [4.78, 5) is 0. The molecular weight excluding hydrogens is 144 g/mol. The summed E-state index contributed by atoms with van der Waals surface area (Å²) in [6.07, 6.45) is 7.67. The van der Waals surface area contributed by atoms with Crippen LogP contribution in [0.3, 0.4) is 0 Å². The topological polar surface area (TPSA) is 0 Å². The second-order valence-corrected chi connectivity index (χ2v) is 5.55. The van der Waals surface area contributed by atoms with Crippen molar-refractivity contribution in [3.05, 3.63) is 0 Å². The Balaban J connectivity index is 1.80. The number of rotatable bonds is 2. The first-order valence-corrected chi connectivity index (χ1v) is 5.78. The van der Waals surface area contributed by atoms with Crippen molar-refractivity contribution in [2.45, 2.75) is 46.0 Å². The molecule has 68 valence electrons. The molecule has 3 aliphatic rings. The van der Waals surface area contributed by atoms with Crippen LogP contribution in [-0.2, 0) is 0 Å². The molecule has 0 aromatic heterocycles. The summed E-state index contributed by atoms with van der Waals surface area (Å²) < 4.78 is 0. The van der Waals surface area contributed by atoms with E-state index in [1.165, 1.54) is 24.7 Å². The van der Waals surface area contributed by atoms with Crippen molar-refractivity contribution in [3.8, 4) is 0 Å². The molecule has 3 aliphatic carbocycles. The molecule has 0 N–H and O–H groups in total. The molecule has 0 aromatic rings. The predicted molar refractivity (Wildman–Crippen MR) is 50.8 cm³/mol. The lowest BCUT2D eigenvalue weighted by molar-refractivity contribution is 0.275. The molecule has 3 rings (SSSR count). The van der Waals surface area contributed by atoms with Gasteiger partial charge in [-0.2, -0.15) is 0 Å². The third-order valence-electron chi connectivity index (χ3n) is 5.35. The van der Waals surface area contributed by atoms with Crippen molar-refractivity contribution in [3.63, 3.8) is 0 Å². The Hall–Kier alpha value is 0. The van der Waals surface area contributed by atoms with Crippen molar-refractivity contribution in [2.24, 2.45) is 29.1 Å². The summed E-state index contributed by atoms with van der Waals surface area (Å²) in [5, 5.41) is 0. The fraction of sp³-hybridized carbons (Fsp3) is 1.00. The molecule has 0 bridgehead atoms. The first-order chi connectivity index (χ1) is 5.78. The quantitative estimate of drug-likeness (QED) is 0.586. The zero-order chi connectivity index (χ0) is 8.34. The molecule has 0 heterocycles. The van der Waals surface area contributed by atoms with Crippen molar-refractivity contribution < 1.29 is 0 Å². The van der Waals surface area contributed by atoms with Crippen molar-refractivity contribution in [1.29, 1.82) is 0 Å². The lowest BCUT2D eigenvalue weighted by Gasteiger charge is -2.21. The van der Waals surface area contributed by atoms with E-state index < -0.39 is 0 Å². The molecule has 0 spiro atoms. The van der Waals surface area contributed by atoms with Crippen LogP contribution >= 0.6 is 0 Å².